The molecule has 0 amide bonds. The van der Waals surface area contributed by atoms with E-state index < -0.39 is 17.9 Å². The first-order valence-corrected chi connectivity index (χ1v) is 17.2. The first-order valence-electron chi connectivity index (χ1n) is 17.2. The van der Waals surface area contributed by atoms with E-state index in [-0.39, 0.29) is 53.8 Å². The first kappa shape index (κ1) is 37.7. The number of Topliss-reactive ketones (excluding diaryl/α,β-unsaturated/α-hetero) is 1. The summed E-state index contributed by atoms with van der Waals surface area (Å²) in [6.07, 6.45) is 2.83. The highest BCUT2D eigenvalue weighted by Crippen LogP contribution is 2.39. The van der Waals surface area contributed by atoms with Crippen molar-refractivity contribution in [1.29, 1.82) is 0 Å². The Hall–Kier alpha value is -5.52. The van der Waals surface area contributed by atoms with Gasteiger partial charge >= 0.3 is 0 Å². The Bertz CT molecular complexity index is 1980. The van der Waals surface area contributed by atoms with Gasteiger partial charge in [-0.15, -0.1) is 0 Å². The molecule has 11 nitrogen and oxygen atoms in total. The summed E-state index contributed by atoms with van der Waals surface area (Å²) in [4.78, 5) is 18.9. The molecule has 6 N–H and O–H groups in total. The third-order valence-electron chi connectivity index (χ3n) is 9.36. The predicted molar refractivity (Wildman–Crippen MR) is 199 cm³/mol. The molecule has 0 saturated heterocycles. The molecule has 0 aliphatic rings. The Labute approximate surface area is 303 Å². The van der Waals surface area contributed by atoms with Crippen LogP contribution in [0, 0.1) is 5.92 Å². The number of nitrogens with zero attached hydrogens (tertiary/aromatic N) is 1. The maximum atomic E-state index is 14.4. The van der Waals surface area contributed by atoms with Crippen molar-refractivity contribution in [3.05, 3.63) is 102 Å². The Morgan fingerprint density at radius 3 is 2.29 bits per heavy atom. The minimum absolute atomic E-state index is 0.0139. The number of rotatable bonds is 18. The van der Waals surface area contributed by atoms with Gasteiger partial charge in [0.2, 0.25) is 5.75 Å². The van der Waals surface area contributed by atoms with Gasteiger partial charge in [0.25, 0.3) is 0 Å². The summed E-state index contributed by atoms with van der Waals surface area (Å²) in [7, 11) is 4.48. The zero-order chi connectivity index (χ0) is 37.2. The van der Waals surface area contributed by atoms with Crippen LogP contribution in [0.15, 0.2) is 85.1 Å². The molecule has 1 aromatic heterocycles. The number of hydrogen-bond acceptors (Lipinski definition) is 11. The first-order chi connectivity index (χ1) is 25.1. The average molecular weight is 711 g/mol. The van der Waals surface area contributed by atoms with Crippen molar-refractivity contribution in [2.24, 2.45) is 5.92 Å². The monoisotopic (exact) mass is 710 g/mol. The number of fused-ring (bicyclic) bond motifs is 1. The number of benzene rings is 4. The van der Waals surface area contributed by atoms with Gasteiger partial charge in [-0.1, -0.05) is 18.2 Å². The summed E-state index contributed by atoms with van der Waals surface area (Å²) in [5, 5.41) is 57.4. The topological polar surface area (TPSA) is 171 Å². The van der Waals surface area contributed by atoms with Crippen LogP contribution < -0.4 is 14.8 Å². The molecule has 0 unspecified atom stereocenters. The largest absolute Gasteiger partial charge is 0.508 e. The van der Waals surface area contributed by atoms with Crippen molar-refractivity contribution in [1.82, 2.24) is 4.98 Å². The molecule has 11 heteroatoms. The van der Waals surface area contributed by atoms with Gasteiger partial charge in [0.15, 0.2) is 23.0 Å². The summed E-state index contributed by atoms with van der Waals surface area (Å²) in [5.74, 6) is -0.901. The third kappa shape index (κ3) is 9.42. The smallest absolute Gasteiger partial charge is 0.200 e. The number of phenolic OH excluding ortho intramolecular Hbond substituents is 4. The van der Waals surface area contributed by atoms with Crippen LogP contribution in [-0.4, -0.2) is 70.3 Å². The number of aromatic hydroxyl groups is 4. The summed E-state index contributed by atoms with van der Waals surface area (Å²) < 4.78 is 15.8. The lowest BCUT2D eigenvalue weighted by Gasteiger charge is -2.31. The number of ether oxygens (including phenoxy) is 3. The van der Waals surface area contributed by atoms with Crippen LogP contribution in [0.5, 0.6) is 34.5 Å². The van der Waals surface area contributed by atoms with Crippen LogP contribution in [-0.2, 0) is 22.4 Å². The number of pyridine rings is 1. The Balaban J connectivity index is 1.46. The van der Waals surface area contributed by atoms with E-state index in [1.54, 1.807) is 49.7 Å². The highest BCUT2D eigenvalue weighted by Gasteiger charge is 2.35. The molecule has 274 valence electrons. The SMILES string of the molecule is COCCC[C@@H](c1ccnc(Nc2ccc3cc(O)ccc3c2)c1)[C@H](C(=O)CCc1cc(O)c(O)c(OC)c1)[C@H](O)CCc1ccc(O)c(OC)c1. The standard InChI is InChI=1S/C41H46N2O9/c1-50-18-4-5-32(29-16-17-42-39(24-29)43-30-11-9-28-23-31(44)12-10-27(28)22-30)40(34(46)14-7-25-6-13-33(45)37(20-25)51-2)35(47)15-8-26-19-36(48)41(49)38(21-26)52-3/h6,9-13,16-17,19-24,32,34,40,44-46,48-49H,4-5,7-8,14-15,18H2,1-3H3,(H,42,43)/t32-,34+,40-/m0/s1. The van der Waals surface area contributed by atoms with Gasteiger partial charge in [-0.2, -0.15) is 0 Å². The minimum Gasteiger partial charge on any atom is -0.508 e. The van der Waals surface area contributed by atoms with Crippen molar-refractivity contribution in [3.63, 3.8) is 0 Å². The molecular weight excluding hydrogens is 664 g/mol. The maximum Gasteiger partial charge on any atom is 0.200 e. The van der Waals surface area contributed by atoms with Gasteiger partial charge in [0.05, 0.1) is 26.2 Å². The van der Waals surface area contributed by atoms with Crippen LogP contribution in [0.2, 0.25) is 0 Å². The van der Waals surface area contributed by atoms with Crippen LogP contribution in [0.1, 0.15) is 48.3 Å². The fraction of sp³-hybridized carbons (Fsp3) is 0.317. The van der Waals surface area contributed by atoms with Crippen molar-refractivity contribution >= 4 is 28.1 Å². The fourth-order valence-corrected chi connectivity index (χ4v) is 6.67. The number of anilines is 2. The second-order valence-corrected chi connectivity index (χ2v) is 12.9. The second kappa shape index (κ2) is 17.6. The molecule has 0 fully saturated rings. The zero-order valence-corrected chi connectivity index (χ0v) is 29.6. The zero-order valence-electron chi connectivity index (χ0n) is 29.6. The Morgan fingerprint density at radius 1 is 0.769 bits per heavy atom. The molecule has 0 radical (unpaired) electrons. The Morgan fingerprint density at radius 2 is 1.52 bits per heavy atom. The summed E-state index contributed by atoms with van der Waals surface area (Å²) in [6.45, 7) is 0.468. The third-order valence-corrected chi connectivity index (χ3v) is 9.36. The number of nitrogens with one attached hydrogen (secondary N) is 1. The van der Waals surface area contributed by atoms with E-state index in [2.05, 4.69) is 10.3 Å². The van der Waals surface area contributed by atoms with E-state index in [0.29, 0.717) is 43.0 Å². The molecule has 0 aliphatic heterocycles. The van der Waals surface area contributed by atoms with Crippen LogP contribution >= 0.6 is 0 Å². The lowest BCUT2D eigenvalue weighted by Crippen LogP contribution is -2.35. The van der Waals surface area contributed by atoms with Gasteiger partial charge < -0.3 is 45.1 Å². The van der Waals surface area contributed by atoms with Crippen LogP contribution in [0.25, 0.3) is 10.8 Å². The molecule has 5 rings (SSSR count). The normalized spacial score (nSPS) is 13.0. The molecular formula is C41H46N2O9. The molecule has 0 saturated carbocycles. The number of carbonyl (C=O) groups excluding carboxylic acids is 1. The van der Waals surface area contributed by atoms with E-state index in [1.807, 2.05) is 36.4 Å². The number of aryl methyl sites for hydroxylation is 2. The lowest BCUT2D eigenvalue weighted by atomic mass is 9.75. The maximum absolute atomic E-state index is 14.4. The highest BCUT2D eigenvalue weighted by molar-refractivity contribution is 5.87. The van der Waals surface area contributed by atoms with Gasteiger partial charge in [-0.25, -0.2) is 4.98 Å². The van der Waals surface area contributed by atoms with Gasteiger partial charge in [0.1, 0.15) is 17.4 Å². The molecule has 1 heterocycles. The van der Waals surface area contributed by atoms with Gasteiger partial charge in [-0.3, -0.25) is 4.79 Å². The number of hydrogen-bond donors (Lipinski definition) is 6. The van der Waals surface area contributed by atoms with Gasteiger partial charge in [-0.05, 0) is 126 Å². The lowest BCUT2D eigenvalue weighted by molar-refractivity contribution is -0.127. The van der Waals surface area contributed by atoms with Crippen LogP contribution in [0.3, 0.4) is 0 Å². The van der Waals surface area contributed by atoms with Gasteiger partial charge in [0, 0.05) is 32.0 Å². The van der Waals surface area contributed by atoms with Crippen molar-refractivity contribution < 1.29 is 44.5 Å². The molecule has 3 atom stereocenters. The van der Waals surface area contributed by atoms with E-state index >= 15 is 0 Å². The molecule has 0 bridgehead atoms. The summed E-state index contributed by atoms with van der Waals surface area (Å²) >= 11 is 0. The molecule has 0 aliphatic carbocycles. The summed E-state index contributed by atoms with van der Waals surface area (Å²) in [6, 6.07) is 22.7. The predicted octanol–water partition coefficient (Wildman–Crippen LogP) is 7.14. The highest BCUT2D eigenvalue weighted by atomic mass is 16.5. The van der Waals surface area contributed by atoms with Crippen LogP contribution in [0.4, 0.5) is 11.5 Å². The minimum atomic E-state index is -1.04. The van der Waals surface area contributed by atoms with E-state index in [4.69, 9.17) is 14.2 Å². The molecule has 52 heavy (non-hydrogen) atoms. The van der Waals surface area contributed by atoms with E-state index in [9.17, 15) is 30.3 Å². The van der Waals surface area contributed by atoms with E-state index in [0.717, 1.165) is 27.6 Å². The number of aromatic nitrogens is 1. The number of phenols is 4. The number of aliphatic hydroxyl groups excluding tert-OH is 1. The van der Waals surface area contributed by atoms with Crippen molar-refractivity contribution in [3.8, 4) is 34.5 Å². The molecule has 0 spiro atoms. The quantitative estimate of drug-likeness (QED) is 0.0404. The van der Waals surface area contributed by atoms with Crippen molar-refractivity contribution in [2.45, 2.75) is 50.5 Å². The van der Waals surface area contributed by atoms with Crippen molar-refractivity contribution in [2.75, 3.05) is 33.3 Å². The Kier molecular flexibility index (Phi) is 12.8. The summed E-state index contributed by atoms with van der Waals surface area (Å²) in [5.41, 5.74) is 3.06. The number of methoxy groups -OCH3 is 3. The fourth-order valence-electron chi connectivity index (χ4n) is 6.67. The second-order valence-electron chi connectivity index (χ2n) is 12.9. The average Bonchev–Trinajstić information content (AvgIpc) is 3.14. The number of ketones is 1. The number of carbonyl (C=O) groups is 1. The molecule has 4 aromatic carbocycles. The molecule has 5 aromatic rings. The van der Waals surface area contributed by atoms with E-state index in [1.165, 1.54) is 20.3 Å². The number of aliphatic hydroxyl groups is 1.